The molecule has 1 atom stereocenters. The van der Waals surface area contributed by atoms with Gasteiger partial charge in [0, 0.05) is 5.56 Å². The number of carbonyl (C=O) groups is 2. The molecule has 5 nitrogen and oxygen atoms in total. The summed E-state index contributed by atoms with van der Waals surface area (Å²) in [5.74, 6) is 0.146. The van der Waals surface area contributed by atoms with Gasteiger partial charge < -0.3 is 15.1 Å². The maximum Gasteiger partial charge on any atom is 0.251 e. The zero-order valence-corrected chi connectivity index (χ0v) is 12.1. The summed E-state index contributed by atoms with van der Waals surface area (Å²) in [5.41, 5.74) is 1.54. The van der Waals surface area contributed by atoms with Crippen LogP contribution in [0.4, 0.5) is 0 Å². The molecule has 2 rings (SSSR count). The highest BCUT2D eigenvalue weighted by Crippen LogP contribution is 2.11. The van der Waals surface area contributed by atoms with Crippen molar-refractivity contribution in [2.24, 2.45) is 0 Å². The van der Waals surface area contributed by atoms with Crippen LogP contribution in [-0.4, -0.2) is 18.4 Å². The van der Waals surface area contributed by atoms with Crippen LogP contribution in [0.15, 0.2) is 47.1 Å². The molecule has 2 amide bonds. The Bertz CT molecular complexity index is 620. The smallest absolute Gasteiger partial charge is 0.251 e. The molecule has 5 heteroatoms. The van der Waals surface area contributed by atoms with Gasteiger partial charge in [-0.1, -0.05) is 17.7 Å². The minimum absolute atomic E-state index is 0.0716. The molecule has 0 saturated heterocycles. The number of hydrogen-bond acceptors (Lipinski definition) is 3. The molecule has 0 unspecified atom stereocenters. The van der Waals surface area contributed by atoms with E-state index in [2.05, 4.69) is 10.6 Å². The maximum atomic E-state index is 11.9. The first-order valence-corrected chi connectivity index (χ1v) is 6.74. The van der Waals surface area contributed by atoms with Crippen molar-refractivity contribution in [3.63, 3.8) is 0 Å². The molecule has 0 saturated carbocycles. The van der Waals surface area contributed by atoms with Crippen molar-refractivity contribution in [1.29, 1.82) is 0 Å². The Morgan fingerprint density at radius 3 is 2.71 bits per heavy atom. The molecule has 2 aromatic rings. The van der Waals surface area contributed by atoms with E-state index in [-0.39, 0.29) is 24.4 Å². The number of carbonyl (C=O) groups excluding carboxylic acids is 2. The molecule has 1 aromatic carbocycles. The molecule has 1 heterocycles. The minimum Gasteiger partial charge on any atom is -0.467 e. The second-order valence-electron chi connectivity index (χ2n) is 4.86. The van der Waals surface area contributed by atoms with Crippen molar-refractivity contribution in [1.82, 2.24) is 10.6 Å². The van der Waals surface area contributed by atoms with E-state index in [1.165, 1.54) is 0 Å². The Labute approximate surface area is 123 Å². The van der Waals surface area contributed by atoms with Gasteiger partial charge in [-0.3, -0.25) is 9.59 Å². The number of rotatable bonds is 5. The third-order valence-corrected chi connectivity index (χ3v) is 3.04. The fourth-order valence-electron chi connectivity index (χ4n) is 1.95. The highest BCUT2D eigenvalue weighted by atomic mass is 16.3. The lowest BCUT2D eigenvalue weighted by atomic mass is 10.1. The van der Waals surface area contributed by atoms with Crippen molar-refractivity contribution >= 4 is 11.8 Å². The second kappa shape index (κ2) is 6.74. The molecule has 0 spiro atoms. The SMILES string of the molecule is Cc1cccc(C(=O)NCC(=O)N[C@H](C)c2ccco2)c1. The molecule has 0 aliphatic rings. The molecule has 0 fully saturated rings. The topological polar surface area (TPSA) is 71.3 Å². The van der Waals surface area contributed by atoms with E-state index >= 15 is 0 Å². The van der Waals surface area contributed by atoms with E-state index in [1.54, 1.807) is 30.5 Å². The highest BCUT2D eigenvalue weighted by molar-refractivity contribution is 5.96. The van der Waals surface area contributed by atoms with Crippen LogP contribution >= 0.6 is 0 Å². The molecular weight excluding hydrogens is 268 g/mol. The van der Waals surface area contributed by atoms with E-state index < -0.39 is 0 Å². The summed E-state index contributed by atoms with van der Waals surface area (Å²) in [7, 11) is 0. The van der Waals surface area contributed by atoms with Crippen LogP contribution in [-0.2, 0) is 4.79 Å². The van der Waals surface area contributed by atoms with Crippen LogP contribution in [0.3, 0.4) is 0 Å². The van der Waals surface area contributed by atoms with Crippen molar-refractivity contribution in [3.8, 4) is 0 Å². The van der Waals surface area contributed by atoms with Crippen LogP contribution < -0.4 is 10.6 Å². The summed E-state index contributed by atoms with van der Waals surface area (Å²) in [5, 5.41) is 5.35. The van der Waals surface area contributed by atoms with Crippen LogP contribution in [0.25, 0.3) is 0 Å². The summed E-state index contributed by atoms with van der Waals surface area (Å²) in [6.45, 7) is 3.66. The summed E-state index contributed by atoms with van der Waals surface area (Å²) in [4.78, 5) is 23.7. The van der Waals surface area contributed by atoms with Gasteiger partial charge in [0.1, 0.15) is 5.76 Å². The van der Waals surface area contributed by atoms with Gasteiger partial charge in [-0.15, -0.1) is 0 Å². The lowest BCUT2D eigenvalue weighted by Gasteiger charge is -2.12. The predicted octanol–water partition coefficient (Wildman–Crippen LogP) is 2.20. The van der Waals surface area contributed by atoms with Gasteiger partial charge in [0.05, 0.1) is 18.8 Å². The average Bonchev–Trinajstić information content (AvgIpc) is 2.99. The van der Waals surface area contributed by atoms with Crippen LogP contribution in [0.2, 0.25) is 0 Å². The van der Waals surface area contributed by atoms with E-state index in [4.69, 9.17) is 4.42 Å². The largest absolute Gasteiger partial charge is 0.467 e. The summed E-state index contributed by atoms with van der Waals surface area (Å²) in [6.07, 6.45) is 1.55. The molecule has 2 N–H and O–H groups in total. The van der Waals surface area contributed by atoms with Crippen LogP contribution in [0, 0.1) is 6.92 Å². The van der Waals surface area contributed by atoms with Gasteiger partial charge in [-0.05, 0) is 38.1 Å². The first kappa shape index (κ1) is 14.8. The summed E-state index contributed by atoms with van der Waals surface area (Å²) >= 11 is 0. The van der Waals surface area contributed by atoms with Crippen molar-refractivity contribution < 1.29 is 14.0 Å². The third-order valence-electron chi connectivity index (χ3n) is 3.04. The standard InChI is InChI=1S/C16H18N2O3/c1-11-5-3-6-13(9-11)16(20)17-10-15(19)18-12(2)14-7-4-8-21-14/h3-9,12H,10H2,1-2H3,(H,17,20)(H,18,19)/t12-/m1/s1. The normalized spacial score (nSPS) is 11.7. The molecule has 0 aliphatic carbocycles. The van der Waals surface area contributed by atoms with Gasteiger partial charge in [-0.2, -0.15) is 0 Å². The minimum atomic E-state index is -0.264. The predicted molar refractivity (Wildman–Crippen MR) is 78.8 cm³/mol. The Balaban J connectivity index is 1.82. The Kier molecular flexibility index (Phi) is 4.77. The molecule has 110 valence electrons. The average molecular weight is 286 g/mol. The lowest BCUT2D eigenvalue weighted by Crippen LogP contribution is -2.37. The van der Waals surface area contributed by atoms with E-state index in [9.17, 15) is 9.59 Å². The van der Waals surface area contributed by atoms with Gasteiger partial charge in [0.2, 0.25) is 5.91 Å². The van der Waals surface area contributed by atoms with Crippen LogP contribution in [0.1, 0.15) is 34.6 Å². The summed E-state index contributed by atoms with van der Waals surface area (Å²) < 4.78 is 5.20. The Morgan fingerprint density at radius 2 is 2.05 bits per heavy atom. The van der Waals surface area contributed by atoms with Gasteiger partial charge >= 0.3 is 0 Å². The van der Waals surface area contributed by atoms with Crippen LogP contribution in [0.5, 0.6) is 0 Å². The Hall–Kier alpha value is -2.56. The van der Waals surface area contributed by atoms with E-state index in [0.29, 0.717) is 11.3 Å². The molecule has 0 aliphatic heterocycles. The first-order chi connectivity index (χ1) is 10.1. The number of aryl methyl sites for hydroxylation is 1. The number of amides is 2. The fraction of sp³-hybridized carbons (Fsp3) is 0.250. The van der Waals surface area contributed by atoms with Gasteiger partial charge in [0.15, 0.2) is 0 Å². The lowest BCUT2D eigenvalue weighted by molar-refractivity contribution is -0.120. The monoisotopic (exact) mass is 286 g/mol. The van der Waals surface area contributed by atoms with Crippen molar-refractivity contribution in [2.45, 2.75) is 19.9 Å². The van der Waals surface area contributed by atoms with Crippen molar-refractivity contribution in [3.05, 3.63) is 59.5 Å². The number of nitrogens with one attached hydrogen (secondary N) is 2. The number of benzene rings is 1. The molecule has 1 aromatic heterocycles. The maximum absolute atomic E-state index is 11.9. The molecule has 21 heavy (non-hydrogen) atoms. The quantitative estimate of drug-likeness (QED) is 0.885. The van der Waals surface area contributed by atoms with Crippen molar-refractivity contribution in [2.75, 3.05) is 6.54 Å². The zero-order valence-electron chi connectivity index (χ0n) is 12.1. The summed E-state index contributed by atoms with van der Waals surface area (Å²) in [6, 6.07) is 10.5. The number of furan rings is 1. The van der Waals surface area contributed by atoms with Gasteiger partial charge in [-0.25, -0.2) is 0 Å². The zero-order chi connectivity index (χ0) is 15.2. The third kappa shape index (κ3) is 4.21. The van der Waals surface area contributed by atoms with E-state index in [1.807, 2.05) is 26.0 Å². The molecule has 0 radical (unpaired) electrons. The Morgan fingerprint density at radius 1 is 1.24 bits per heavy atom. The second-order valence-corrected chi connectivity index (χ2v) is 4.86. The number of hydrogen-bond donors (Lipinski definition) is 2. The van der Waals surface area contributed by atoms with E-state index in [0.717, 1.165) is 5.56 Å². The van der Waals surface area contributed by atoms with Gasteiger partial charge in [0.25, 0.3) is 5.91 Å². The molecule has 0 bridgehead atoms. The molecular formula is C16H18N2O3. The highest BCUT2D eigenvalue weighted by Gasteiger charge is 2.13. The first-order valence-electron chi connectivity index (χ1n) is 6.74. The fourth-order valence-corrected chi connectivity index (χ4v) is 1.95.